The van der Waals surface area contributed by atoms with Crippen molar-refractivity contribution in [3.05, 3.63) is 28.8 Å². The molecule has 2 N–H and O–H groups in total. The fraction of sp³-hybridized carbons (Fsp3) is 0.500. The number of carboxylic acids is 1. The van der Waals surface area contributed by atoms with Gasteiger partial charge in [-0.15, -0.1) is 0 Å². The topological polar surface area (TPSA) is 52.6 Å². The molecule has 1 aromatic carbocycles. The lowest BCUT2D eigenvalue weighted by Crippen LogP contribution is -2.53. The van der Waals surface area contributed by atoms with Crippen molar-refractivity contribution in [3.8, 4) is 0 Å². The van der Waals surface area contributed by atoms with Gasteiger partial charge < -0.3 is 15.3 Å². The van der Waals surface area contributed by atoms with E-state index in [4.69, 9.17) is 11.6 Å². The van der Waals surface area contributed by atoms with Gasteiger partial charge in [-0.2, -0.15) is 0 Å². The average Bonchev–Trinajstić information content (AvgIpc) is 2.39. The van der Waals surface area contributed by atoms with Crippen molar-refractivity contribution < 1.29 is 9.90 Å². The van der Waals surface area contributed by atoms with E-state index in [0.717, 1.165) is 6.54 Å². The lowest BCUT2D eigenvalue weighted by atomic mass is 9.84. The number of piperidine rings is 3. The Balaban J connectivity index is 1.84. The Hall–Kier alpha value is -1.26. The fourth-order valence-electron chi connectivity index (χ4n) is 3.19. The smallest absolute Gasteiger partial charge is 0.339 e. The van der Waals surface area contributed by atoms with Crippen LogP contribution in [0.1, 0.15) is 23.2 Å². The van der Waals surface area contributed by atoms with Crippen molar-refractivity contribution in [1.29, 1.82) is 0 Å². The van der Waals surface area contributed by atoms with E-state index in [-0.39, 0.29) is 5.56 Å². The van der Waals surface area contributed by atoms with Crippen molar-refractivity contribution in [2.45, 2.75) is 18.9 Å². The second kappa shape index (κ2) is 5.02. The Labute approximate surface area is 117 Å². The highest BCUT2D eigenvalue weighted by Crippen LogP contribution is 2.32. The third kappa shape index (κ3) is 2.42. The van der Waals surface area contributed by atoms with E-state index in [1.54, 1.807) is 18.2 Å². The van der Waals surface area contributed by atoms with E-state index in [1.807, 2.05) is 0 Å². The Morgan fingerprint density at radius 2 is 2.11 bits per heavy atom. The number of nitrogens with one attached hydrogen (secondary N) is 1. The summed E-state index contributed by atoms with van der Waals surface area (Å²) in [5, 5.41) is 13.0. The number of aromatic carboxylic acids is 1. The molecule has 3 aliphatic heterocycles. The van der Waals surface area contributed by atoms with Gasteiger partial charge in [0.2, 0.25) is 0 Å². The zero-order valence-electron chi connectivity index (χ0n) is 10.6. The third-order valence-corrected chi connectivity index (χ3v) is 4.54. The predicted molar refractivity (Wildman–Crippen MR) is 75.0 cm³/mol. The van der Waals surface area contributed by atoms with E-state index < -0.39 is 5.97 Å². The minimum atomic E-state index is -0.977. The van der Waals surface area contributed by atoms with E-state index >= 15 is 0 Å². The number of nitrogens with zero attached hydrogens (tertiary/aromatic N) is 1. The highest BCUT2D eigenvalue weighted by Gasteiger charge is 2.34. The summed E-state index contributed by atoms with van der Waals surface area (Å²) in [7, 11) is 0. The van der Waals surface area contributed by atoms with Gasteiger partial charge in [0, 0.05) is 12.6 Å². The van der Waals surface area contributed by atoms with Crippen molar-refractivity contribution in [2.75, 3.05) is 25.0 Å². The molecule has 5 heteroatoms. The van der Waals surface area contributed by atoms with Crippen LogP contribution >= 0.6 is 11.6 Å². The molecule has 3 fully saturated rings. The van der Waals surface area contributed by atoms with Gasteiger partial charge >= 0.3 is 5.97 Å². The molecule has 3 heterocycles. The van der Waals surface area contributed by atoms with Gasteiger partial charge in [-0.3, -0.25) is 0 Å². The summed E-state index contributed by atoms with van der Waals surface area (Å²) in [6.45, 7) is 3.34. The summed E-state index contributed by atoms with van der Waals surface area (Å²) >= 11 is 5.99. The van der Waals surface area contributed by atoms with Crippen LogP contribution in [0.4, 0.5) is 5.69 Å². The lowest BCUT2D eigenvalue weighted by Gasteiger charge is -2.45. The van der Waals surface area contributed by atoms with Gasteiger partial charge in [-0.25, -0.2) is 4.79 Å². The molecule has 2 bridgehead atoms. The number of hydrogen-bond acceptors (Lipinski definition) is 3. The second-order valence-corrected chi connectivity index (χ2v) is 5.76. The normalized spacial score (nSPS) is 29.2. The molecule has 3 aliphatic rings. The number of carbonyl (C=O) groups is 1. The molecule has 0 aromatic heterocycles. The van der Waals surface area contributed by atoms with Crippen LogP contribution in [0.25, 0.3) is 0 Å². The Morgan fingerprint density at radius 3 is 2.68 bits per heavy atom. The third-order valence-electron chi connectivity index (χ3n) is 4.22. The minimum Gasteiger partial charge on any atom is -0.478 e. The molecule has 0 amide bonds. The zero-order valence-corrected chi connectivity index (χ0v) is 11.4. The van der Waals surface area contributed by atoms with Crippen molar-refractivity contribution in [3.63, 3.8) is 0 Å². The van der Waals surface area contributed by atoms with E-state index in [9.17, 15) is 9.90 Å². The summed E-state index contributed by atoms with van der Waals surface area (Å²) in [5.74, 6) is -0.333. The van der Waals surface area contributed by atoms with Crippen LogP contribution in [-0.4, -0.2) is 41.7 Å². The average molecular weight is 281 g/mol. The van der Waals surface area contributed by atoms with Gasteiger partial charge in [0.1, 0.15) is 5.56 Å². The number of benzene rings is 1. The van der Waals surface area contributed by atoms with Gasteiger partial charge in [-0.1, -0.05) is 17.7 Å². The highest BCUT2D eigenvalue weighted by molar-refractivity contribution is 6.34. The number of carboxylic acid groups (broad SMARTS) is 1. The largest absolute Gasteiger partial charge is 0.478 e. The molecule has 0 spiro atoms. The maximum absolute atomic E-state index is 11.3. The summed E-state index contributed by atoms with van der Waals surface area (Å²) in [6.07, 6.45) is 2.39. The number of halogens is 1. The van der Waals surface area contributed by atoms with Crippen LogP contribution in [0, 0.1) is 5.92 Å². The standard InChI is InChI=1S/C14H17ClN2O2/c15-10-2-1-3-11(13(10)14(18)19)16-12-8-17-6-4-9(12)5-7-17/h1-3,9,12,16H,4-8H2,(H,18,19). The Kier molecular flexibility index (Phi) is 3.37. The summed E-state index contributed by atoms with van der Waals surface area (Å²) in [5.41, 5.74) is 0.819. The maximum atomic E-state index is 11.3. The first kappa shape index (κ1) is 12.8. The molecular formula is C14H17ClN2O2. The van der Waals surface area contributed by atoms with E-state index in [0.29, 0.717) is 22.7 Å². The van der Waals surface area contributed by atoms with Crippen LogP contribution in [0.5, 0.6) is 0 Å². The Morgan fingerprint density at radius 1 is 1.37 bits per heavy atom. The van der Waals surface area contributed by atoms with Gasteiger partial charge in [0.15, 0.2) is 0 Å². The molecule has 102 valence electrons. The van der Waals surface area contributed by atoms with E-state index in [1.165, 1.54) is 25.9 Å². The van der Waals surface area contributed by atoms with Gasteiger partial charge in [0.25, 0.3) is 0 Å². The lowest BCUT2D eigenvalue weighted by molar-refractivity contribution is 0.0697. The highest BCUT2D eigenvalue weighted by atomic mass is 35.5. The molecule has 0 saturated carbocycles. The molecule has 4 nitrogen and oxygen atoms in total. The first-order valence-electron chi connectivity index (χ1n) is 6.66. The second-order valence-electron chi connectivity index (χ2n) is 5.36. The number of fused-ring (bicyclic) bond motifs is 3. The summed E-state index contributed by atoms with van der Waals surface area (Å²) in [6, 6.07) is 5.54. The zero-order chi connectivity index (χ0) is 13.4. The SMILES string of the molecule is O=C(O)c1c(Cl)cccc1NC1CN2CCC1CC2. The van der Waals surface area contributed by atoms with Gasteiger partial charge in [0.05, 0.1) is 10.7 Å². The molecule has 4 rings (SSSR count). The molecule has 19 heavy (non-hydrogen) atoms. The van der Waals surface area contributed by atoms with Crippen molar-refractivity contribution >= 4 is 23.3 Å². The molecular weight excluding hydrogens is 264 g/mol. The van der Waals surface area contributed by atoms with Crippen LogP contribution in [-0.2, 0) is 0 Å². The number of rotatable bonds is 3. The Bertz CT molecular complexity index is 498. The number of hydrogen-bond donors (Lipinski definition) is 2. The monoisotopic (exact) mass is 280 g/mol. The molecule has 1 unspecified atom stereocenters. The maximum Gasteiger partial charge on any atom is 0.339 e. The van der Waals surface area contributed by atoms with Crippen LogP contribution < -0.4 is 5.32 Å². The first-order valence-corrected chi connectivity index (χ1v) is 7.03. The molecule has 1 atom stereocenters. The predicted octanol–water partition coefficient (Wildman–Crippen LogP) is 2.54. The van der Waals surface area contributed by atoms with Crippen LogP contribution in [0.2, 0.25) is 5.02 Å². The minimum absolute atomic E-state index is 0.181. The summed E-state index contributed by atoms with van der Waals surface area (Å²) < 4.78 is 0. The van der Waals surface area contributed by atoms with E-state index in [2.05, 4.69) is 10.2 Å². The fourth-order valence-corrected chi connectivity index (χ4v) is 3.45. The van der Waals surface area contributed by atoms with Crippen LogP contribution in [0.15, 0.2) is 18.2 Å². The number of anilines is 1. The summed E-state index contributed by atoms with van der Waals surface area (Å²) in [4.78, 5) is 13.7. The van der Waals surface area contributed by atoms with Crippen LogP contribution in [0.3, 0.4) is 0 Å². The van der Waals surface area contributed by atoms with Crippen molar-refractivity contribution in [1.82, 2.24) is 4.90 Å². The molecule has 1 aromatic rings. The van der Waals surface area contributed by atoms with Gasteiger partial charge in [-0.05, 0) is 44.0 Å². The first-order chi connectivity index (χ1) is 9.15. The quantitative estimate of drug-likeness (QED) is 0.893. The van der Waals surface area contributed by atoms with Crippen molar-refractivity contribution in [2.24, 2.45) is 5.92 Å². The molecule has 0 aliphatic carbocycles. The molecule has 3 saturated heterocycles. The molecule has 0 radical (unpaired) electrons.